The molecule has 0 bridgehead atoms. The number of unbranched alkanes of at least 4 members (excludes halogenated alkanes) is 50. The molecule has 0 rings (SSSR count). The standard InChI is InChI=1S/C84H164O17P2/c1-8-9-10-11-12-13-14-15-16-17-18-19-20-21-22-23-28-31-37-46-53-60-67-83(88)100-79(71-94-81(86)65-58-51-44-36-30-27-25-24-26-29-34-41-48-55-62-75(2)3)73-98-102(90,91)96-69-78(85)70-97-103(92,93)99-74-80(72-95-82(87)66-59-52-45-40-39-43-50-57-64-77(6)7)101-84(89)68-61-54-47-38-33-32-35-42-49-56-63-76(4)5/h75-80,85H,8-74H2,1-7H3,(H,90,91)(H,92,93)/t78-,79-,80-/m1/s1. The first-order valence-corrected chi connectivity index (χ1v) is 46.3. The Morgan fingerprint density at radius 3 is 0.660 bits per heavy atom. The predicted octanol–water partition coefficient (Wildman–Crippen LogP) is 25.3. The van der Waals surface area contributed by atoms with E-state index < -0.39 is 97.5 Å². The molecule has 0 aliphatic rings. The van der Waals surface area contributed by atoms with Gasteiger partial charge in [0.15, 0.2) is 12.2 Å². The molecule has 0 saturated heterocycles. The molecule has 612 valence electrons. The lowest BCUT2D eigenvalue weighted by Crippen LogP contribution is -2.30. The number of carbonyl (C=O) groups excluding carboxylic acids is 4. The summed E-state index contributed by atoms with van der Waals surface area (Å²) in [5, 5.41) is 10.7. The Morgan fingerprint density at radius 1 is 0.262 bits per heavy atom. The van der Waals surface area contributed by atoms with Crippen molar-refractivity contribution in [1.29, 1.82) is 0 Å². The number of phosphoric ester groups is 2. The van der Waals surface area contributed by atoms with Gasteiger partial charge in [0.2, 0.25) is 0 Å². The zero-order chi connectivity index (χ0) is 75.8. The average molecular weight is 1510 g/mol. The molecule has 5 atom stereocenters. The molecule has 0 aromatic heterocycles. The first-order chi connectivity index (χ1) is 49.7. The van der Waals surface area contributed by atoms with Crippen molar-refractivity contribution in [3.05, 3.63) is 0 Å². The van der Waals surface area contributed by atoms with E-state index in [1.807, 2.05) is 0 Å². The van der Waals surface area contributed by atoms with Crippen LogP contribution in [-0.4, -0.2) is 96.7 Å². The van der Waals surface area contributed by atoms with Crippen molar-refractivity contribution in [2.75, 3.05) is 39.6 Å². The van der Waals surface area contributed by atoms with E-state index in [0.717, 1.165) is 108 Å². The van der Waals surface area contributed by atoms with Crippen molar-refractivity contribution in [1.82, 2.24) is 0 Å². The van der Waals surface area contributed by atoms with Crippen molar-refractivity contribution in [3.8, 4) is 0 Å². The van der Waals surface area contributed by atoms with Crippen LogP contribution in [0.1, 0.15) is 440 Å². The van der Waals surface area contributed by atoms with Crippen LogP contribution in [0.15, 0.2) is 0 Å². The molecule has 0 radical (unpaired) electrons. The smallest absolute Gasteiger partial charge is 0.462 e. The monoisotopic (exact) mass is 1510 g/mol. The molecule has 103 heavy (non-hydrogen) atoms. The van der Waals surface area contributed by atoms with Crippen molar-refractivity contribution in [3.63, 3.8) is 0 Å². The number of ether oxygens (including phenoxy) is 4. The Balaban J connectivity index is 5.22. The normalized spacial score (nSPS) is 13.9. The third-order valence-corrected chi connectivity index (χ3v) is 21.5. The van der Waals surface area contributed by atoms with Gasteiger partial charge in [-0.05, 0) is 43.4 Å². The summed E-state index contributed by atoms with van der Waals surface area (Å²) < 4.78 is 68.8. The molecule has 0 amide bonds. The third kappa shape index (κ3) is 78.0. The van der Waals surface area contributed by atoms with Crippen LogP contribution in [0.25, 0.3) is 0 Å². The maximum Gasteiger partial charge on any atom is 0.472 e. The predicted molar refractivity (Wildman–Crippen MR) is 423 cm³/mol. The molecule has 0 aliphatic carbocycles. The highest BCUT2D eigenvalue weighted by Crippen LogP contribution is 2.45. The number of aliphatic hydroxyl groups excluding tert-OH is 1. The van der Waals surface area contributed by atoms with Crippen molar-refractivity contribution >= 4 is 39.5 Å². The zero-order valence-electron chi connectivity index (χ0n) is 67.8. The molecule has 0 aliphatic heterocycles. The summed E-state index contributed by atoms with van der Waals surface area (Å²) >= 11 is 0. The molecule has 0 fully saturated rings. The van der Waals surface area contributed by atoms with E-state index >= 15 is 0 Å². The first-order valence-electron chi connectivity index (χ1n) is 43.3. The number of hydrogen-bond acceptors (Lipinski definition) is 15. The lowest BCUT2D eigenvalue weighted by molar-refractivity contribution is -0.161. The van der Waals surface area contributed by atoms with Crippen molar-refractivity contribution in [2.45, 2.75) is 458 Å². The fourth-order valence-corrected chi connectivity index (χ4v) is 14.6. The van der Waals surface area contributed by atoms with Crippen molar-refractivity contribution in [2.24, 2.45) is 17.8 Å². The van der Waals surface area contributed by atoms with Gasteiger partial charge in [0.1, 0.15) is 19.3 Å². The zero-order valence-corrected chi connectivity index (χ0v) is 69.6. The van der Waals surface area contributed by atoms with E-state index in [-0.39, 0.29) is 25.7 Å². The van der Waals surface area contributed by atoms with Crippen LogP contribution in [0.4, 0.5) is 0 Å². The SMILES string of the molecule is CCCCCCCCCCCCCCCCCCCCCCCCC(=O)O[C@H](COC(=O)CCCCCCCCCCCCCCCCC(C)C)COP(=O)(O)OC[C@@H](O)COP(=O)(O)OC[C@@H](COC(=O)CCCCCCCCCCC(C)C)OC(=O)CCCCCCCCCCCCC(C)C. The Bertz CT molecular complexity index is 1990. The lowest BCUT2D eigenvalue weighted by Gasteiger charge is -2.21. The Morgan fingerprint density at radius 2 is 0.447 bits per heavy atom. The molecule has 0 spiro atoms. The van der Waals surface area contributed by atoms with E-state index in [1.54, 1.807) is 0 Å². The average Bonchev–Trinajstić information content (AvgIpc) is 0.913. The van der Waals surface area contributed by atoms with Gasteiger partial charge in [-0.25, -0.2) is 9.13 Å². The quantitative estimate of drug-likeness (QED) is 0.0222. The molecule has 0 aromatic carbocycles. The molecule has 3 N–H and O–H groups in total. The van der Waals surface area contributed by atoms with Gasteiger partial charge in [0, 0.05) is 25.7 Å². The molecule has 0 saturated carbocycles. The number of aliphatic hydroxyl groups is 1. The third-order valence-electron chi connectivity index (χ3n) is 19.6. The van der Waals surface area contributed by atoms with Gasteiger partial charge in [-0.2, -0.15) is 0 Å². The van der Waals surface area contributed by atoms with Crippen LogP contribution in [0.3, 0.4) is 0 Å². The fourth-order valence-electron chi connectivity index (χ4n) is 13.0. The topological polar surface area (TPSA) is 237 Å². The molecule has 2 unspecified atom stereocenters. The highest BCUT2D eigenvalue weighted by atomic mass is 31.2. The second-order valence-corrected chi connectivity index (χ2v) is 34.6. The van der Waals surface area contributed by atoms with E-state index in [0.29, 0.717) is 25.7 Å². The summed E-state index contributed by atoms with van der Waals surface area (Å²) in [4.78, 5) is 73.1. The van der Waals surface area contributed by atoms with E-state index in [4.69, 9.17) is 37.0 Å². The van der Waals surface area contributed by atoms with E-state index in [2.05, 4.69) is 48.5 Å². The number of hydrogen-bond donors (Lipinski definition) is 3. The van der Waals surface area contributed by atoms with Crippen molar-refractivity contribution < 1.29 is 80.2 Å². The highest BCUT2D eigenvalue weighted by molar-refractivity contribution is 7.47. The van der Waals surface area contributed by atoms with E-state index in [1.165, 1.54) is 250 Å². The Labute approximate surface area is 632 Å². The van der Waals surface area contributed by atoms with E-state index in [9.17, 15) is 43.2 Å². The number of phosphoric acid groups is 2. The summed E-state index contributed by atoms with van der Waals surface area (Å²) in [7, 11) is -9.92. The first kappa shape index (κ1) is 101. The van der Waals surface area contributed by atoms with Crippen LogP contribution in [-0.2, 0) is 65.4 Å². The number of esters is 4. The largest absolute Gasteiger partial charge is 0.472 e. The highest BCUT2D eigenvalue weighted by Gasteiger charge is 2.30. The maximum atomic E-state index is 13.1. The summed E-state index contributed by atoms with van der Waals surface area (Å²) in [5.41, 5.74) is 0. The molecule has 0 aromatic rings. The van der Waals surface area contributed by atoms with Gasteiger partial charge >= 0.3 is 39.5 Å². The van der Waals surface area contributed by atoms with Gasteiger partial charge in [0.25, 0.3) is 0 Å². The molecule has 17 nitrogen and oxygen atoms in total. The van der Waals surface area contributed by atoms with Gasteiger partial charge in [-0.3, -0.25) is 37.3 Å². The van der Waals surface area contributed by atoms with Crippen LogP contribution < -0.4 is 0 Å². The minimum Gasteiger partial charge on any atom is -0.462 e. The van der Waals surface area contributed by atoms with Gasteiger partial charge < -0.3 is 33.8 Å². The second kappa shape index (κ2) is 74.2. The van der Waals surface area contributed by atoms with Crippen LogP contribution in [0, 0.1) is 17.8 Å². The molecule has 19 heteroatoms. The van der Waals surface area contributed by atoms with Crippen LogP contribution >= 0.6 is 15.6 Å². The summed E-state index contributed by atoms with van der Waals surface area (Å²) in [6.07, 6.45) is 64.0. The molecular formula is C84H164O17P2. The second-order valence-electron chi connectivity index (χ2n) is 31.6. The van der Waals surface area contributed by atoms with Gasteiger partial charge in [-0.15, -0.1) is 0 Å². The Kier molecular flexibility index (Phi) is 72.8. The summed E-state index contributed by atoms with van der Waals surface area (Å²) in [6.45, 7) is 11.9. The van der Waals surface area contributed by atoms with Crippen LogP contribution in [0.2, 0.25) is 0 Å². The number of rotatable bonds is 82. The Hall–Kier alpha value is -1.94. The summed E-state index contributed by atoms with van der Waals surface area (Å²) in [5.74, 6) is 0.168. The van der Waals surface area contributed by atoms with Gasteiger partial charge in [-0.1, -0.05) is 389 Å². The number of carbonyl (C=O) groups is 4. The van der Waals surface area contributed by atoms with Crippen LogP contribution in [0.5, 0.6) is 0 Å². The summed E-state index contributed by atoms with van der Waals surface area (Å²) in [6, 6.07) is 0. The minimum atomic E-state index is -4.96. The lowest BCUT2D eigenvalue weighted by atomic mass is 10.0. The molecule has 0 heterocycles. The minimum absolute atomic E-state index is 0.105. The van der Waals surface area contributed by atoms with Gasteiger partial charge in [0.05, 0.1) is 26.4 Å². The maximum absolute atomic E-state index is 13.1. The molecular weight excluding hydrogens is 1340 g/mol. The fraction of sp³-hybridized carbons (Fsp3) is 0.952.